The number of rotatable bonds is 3. The van der Waals surface area contributed by atoms with Gasteiger partial charge in [0.1, 0.15) is 6.17 Å². The lowest BCUT2D eigenvalue weighted by molar-refractivity contribution is -0.425. The summed E-state index contributed by atoms with van der Waals surface area (Å²) < 4.78 is 5.11. The first-order valence-electron chi connectivity index (χ1n) is 8.58. The van der Waals surface area contributed by atoms with E-state index < -0.39 is 4.92 Å². The van der Waals surface area contributed by atoms with Gasteiger partial charge < -0.3 is 20.7 Å². The number of allylic oxidation sites excluding steroid dienone is 1. The molecule has 8 nitrogen and oxygen atoms in total. The van der Waals surface area contributed by atoms with Crippen molar-refractivity contribution in [1.82, 2.24) is 5.32 Å². The van der Waals surface area contributed by atoms with Gasteiger partial charge in [0.2, 0.25) is 0 Å². The van der Waals surface area contributed by atoms with Crippen LogP contribution >= 0.6 is 0 Å². The predicted molar refractivity (Wildman–Crippen MR) is 94.9 cm³/mol. The number of hydrogen-bond acceptors (Lipinski definition) is 6. The molecule has 2 heterocycles. The minimum absolute atomic E-state index is 0.0641. The number of hydrogen-bond donors (Lipinski definition) is 2. The summed E-state index contributed by atoms with van der Waals surface area (Å²) in [4.78, 5) is 25.7. The molecule has 1 unspecified atom stereocenters. The summed E-state index contributed by atoms with van der Waals surface area (Å²) in [7, 11) is 1.42. The summed E-state index contributed by atoms with van der Waals surface area (Å²) in [6, 6.07) is 5.48. The lowest BCUT2D eigenvalue weighted by Crippen LogP contribution is -2.58. The first-order valence-corrected chi connectivity index (χ1v) is 8.58. The molecule has 0 bridgehead atoms. The molecule has 0 saturated carbocycles. The van der Waals surface area contributed by atoms with Crippen LogP contribution in [0.2, 0.25) is 0 Å². The molecule has 0 aromatic heterocycles. The number of amides is 1. The van der Waals surface area contributed by atoms with Crippen molar-refractivity contribution in [3.05, 3.63) is 63.0 Å². The second-order valence-electron chi connectivity index (χ2n) is 6.73. The van der Waals surface area contributed by atoms with Crippen molar-refractivity contribution in [1.29, 1.82) is 0 Å². The molecular formula is C18H20N4O4. The van der Waals surface area contributed by atoms with E-state index in [4.69, 9.17) is 10.5 Å². The van der Waals surface area contributed by atoms with Crippen molar-refractivity contribution >= 4 is 11.6 Å². The maximum atomic E-state index is 12.6. The van der Waals surface area contributed by atoms with Crippen LogP contribution < -0.4 is 16.0 Å². The summed E-state index contributed by atoms with van der Waals surface area (Å²) >= 11 is 0. The maximum absolute atomic E-state index is 12.6. The molecule has 0 fully saturated rings. The third kappa shape index (κ3) is 2.45. The number of nitrogens with zero attached hydrogens (tertiary/aromatic N) is 2. The van der Waals surface area contributed by atoms with Gasteiger partial charge in [-0.25, -0.2) is 0 Å². The first kappa shape index (κ1) is 16.6. The van der Waals surface area contributed by atoms with E-state index in [9.17, 15) is 14.9 Å². The van der Waals surface area contributed by atoms with Gasteiger partial charge in [-0.2, -0.15) is 0 Å². The molecule has 1 aliphatic carbocycles. The van der Waals surface area contributed by atoms with Crippen molar-refractivity contribution in [3.8, 4) is 0 Å². The number of nitrogens with one attached hydrogen (secondary N) is 1. The normalized spacial score (nSPS) is 27.1. The summed E-state index contributed by atoms with van der Waals surface area (Å²) in [6.07, 6.45) is 4.26. The number of nitrogens with two attached hydrogens (primary N) is 1. The zero-order valence-electron chi connectivity index (χ0n) is 14.3. The number of ether oxygens (including phenoxy) is 1. The fourth-order valence-electron chi connectivity index (χ4n) is 4.08. The molecule has 4 rings (SSSR count). The largest absolute Gasteiger partial charge is 0.490 e. The number of nitro groups is 1. The Balaban J connectivity index is 1.74. The summed E-state index contributed by atoms with van der Waals surface area (Å²) in [5.41, 5.74) is 8.60. The fourth-order valence-corrected chi connectivity index (χ4v) is 4.08. The fraction of sp³-hybridized carbons (Fsp3) is 0.389. The third-order valence-corrected chi connectivity index (χ3v) is 5.32. The first-order chi connectivity index (χ1) is 12.5. The lowest BCUT2D eigenvalue weighted by atomic mass is 9.87. The number of para-hydroxylation sites is 1. The van der Waals surface area contributed by atoms with Crippen LogP contribution in [0, 0.1) is 16.0 Å². The van der Waals surface area contributed by atoms with Crippen LogP contribution in [0.15, 0.2) is 41.8 Å². The van der Waals surface area contributed by atoms with Crippen LogP contribution in [0.3, 0.4) is 0 Å². The Morgan fingerprint density at radius 3 is 2.96 bits per heavy atom. The minimum Gasteiger partial charge on any atom is -0.490 e. The van der Waals surface area contributed by atoms with Gasteiger partial charge in [-0.3, -0.25) is 14.9 Å². The van der Waals surface area contributed by atoms with Gasteiger partial charge in [-0.15, -0.1) is 0 Å². The molecular weight excluding hydrogens is 336 g/mol. The molecule has 1 aromatic rings. The van der Waals surface area contributed by atoms with Crippen molar-refractivity contribution in [3.63, 3.8) is 0 Å². The van der Waals surface area contributed by atoms with E-state index in [0.717, 1.165) is 17.7 Å². The molecule has 26 heavy (non-hydrogen) atoms. The average molecular weight is 356 g/mol. The van der Waals surface area contributed by atoms with Crippen LogP contribution in [0.1, 0.15) is 34.8 Å². The number of benzene rings is 1. The van der Waals surface area contributed by atoms with E-state index in [0.29, 0.717) is 18.5 Å². The number of methoxy groups -OCH3 is 1. The monoisotopic (exact) mass is 356 g/mol. The summed E-state index contributed by atoms with van der Waals surface area (Å²) in [5, 5.41) is 14.4. The summed E-state index contributed by atoms with van der Waals surface area (Å²) in [6.45, 7) is 0.690. The maximum Gasteiger partial charge on any atom is 0.307 e. The van der Waals surface area contributed by atoms with E-state index in [1.807, 2.05) is 12.1 Å². The van der Waals surface area contributed by atoms with Crippen LogP contribution in [-0.2, 0) is 4.74 Å². The molecule has 3 N–H and O–H groups in total. The summed E-state index contributed by atoms with van der Waals surface area (Å²) in [5.74, 6) is -0.140. The predicted octanol–water partition coefficient (Wildman–Crippen LogP) is 1.68. The topological polar surface area (TPSA) is 111 Å². The Morgan fingerprint density at radius 1 is 1.42 bits per heavy atom. The van der Waals surface area contributed by atoms with Crippen LogP contribution in [0.5, 0.6) is 0 Å². The van der Waals surface area contributed by atoms with Gasteiger partial charge in [-0.1, -0.05) is 12.1 Å². The van der Waals surface area contributed by atoms with Gasteiger partial charge in [-0.05, 0) is 30.5 Å². The molecule has 0 spiro atoms. The quantitative estimate of drug-likeness (QED) is 0.630. The molecule has 0 radical (unpaired) electrons. The van der Waals surface area contributed by atoms with E-state index in [1.54, 1.807) is 18.2 Å². The lowest BCUT2D eigenvalue weighted by Gasteiger charge is -2.46. The molecule has 136 valence electrons. The standard InChI is InChI=1S/C18H20N4O4/c1-26-15-6-5-10(9-14(15)22(24)25)17-20-18(23)12-4-2-3-11-13(19)7-8-21(17)16(11)12/h2-4,6,9-10,13,17H,5,7-8,19H2,1H3,(H,20,23)/t10?,13-,17-/m0/s1. The number of carbonyl (C=O) groups excluding carboxylic acids is 1. The average Bonchev–Trinajstić information content (AvgIpc) is 2.65. The second kappa shape index (κ2) is 6.14. The Hall–Kier alpha value is -2.87. The molecule has 1 amide bonds. The van der Waals surface area contributed by atoms with Crippen LogP contribution in [-0.4, -0.2) is 30.7 Å². The van der Waals surface area contributed by atoms with E-state index in [2.05, 4.69) is 10.2 Å². The van der Waals surface area contributed by atoms with Crippen LogP contribution in [0.4, 0.5) is 5.69 Å². The molecule has 8 heteroatoms. The number of anilines is 1. The minimum atomic E-state index is -0.447. The van der Waals surface area contributed by atoms with Crippen LogP contribution in [0.25, 0.3) is 0 Å². The van der Waals surface area contributed by atoms with Crippen molar-refractivity contribution in [2.75, 3.05) is 18.6 Å². The molecule has 0 saturated heterocycles. The highest BCUT2D eigenvalue weighted by Crippen LogP contribution is 2.41. The smallest absolute Gasteiger partial charge is 0.307 e. The Bertz CT molecular complexity index is 848. The zero-order chi connectivity index (χ0) is 18.4. The van der Waals surface area contributed by atoms with E-state index in [1.165, 1.54) is 7.11 Å². The van der Waals surface area contributed by atoms with E-state index in [-0.39, 0.29) is 35.5 Å². The highest BCUT2D eigenvalue weighted by atomic mass is 16.6. The second-order valence-corrected chi connectivity index (χ2v) is 6.73. The Kier molecular flexibility index (Phi) is 3.91. The Morgan fingerprint density at radius 2 is 2.23 bits per heavy atom. The molecule has 3 aliphatic rings. The highest BCUT2D eigenvalue weighted by Gasteiger charge is 2.41. The van der Waals surface area contributed by atoms with Crippen molar-refractivity contribution < 1.29 is 14.5 Å². The van der Waals surface area contributed by atoms with Crippen molar-refractivity contribution in [2.24, 2.45) is 11.7 Å². The van der Waals surface area contributed by atoms with Gasteiger partial charge in [0.15, 0.2) is 5.76 Å². The molecule has 2 aliphatic heterocycles. The van der Waals surface area contributed by atoms with Gasteiger partial charge in [0.25, 0.3) is 5.91 Å². The molecule has 1 aromatic carbocycles. The van der Waals surface area contributed by atoms with Gasteiger partial charge in [0.05, 0.1) is 23.3 Å². The van der Waals surface area contributed by atoms with Gasteiger partial charge in [0, 0.05) is 24.6 Å². The van der Waals surface area contributed by atoms with E-state index >= 15 is 0 Å². The Labute approximate surface area is 150 Å². The van der Waals surface area contributed by atoms with Gasteiger partial charge >= 0.3 is 5.70 Å². The third-order valence-electron chi connectivity index (χ3n) is 5.32. The number of carbonyl (C=O) groups is 1. The molecule has 3 atom stereocenters. The zero-order valence-corrected chi connectivity index (χ0v) is 14.3. The highest BCUT2D eigenvalue weighted by molar-refractivity contribution is 6.03. The van der Waals surface area contributed by atoms with Crippen molar-refractivity contribution in [2.45, 2.75) is 25.0 Å². The SMILES string of the molecule is COC1=CCC([C@H]2NC(=O)c3cccc4c3N2CC[C@@H]4N)C=C1[N+](=O)[O-].